The molecule has 142 valence electrons. The van der Waals surface area contributed by atoms with Crippen LogP contribution in [0, 0.1) is 5.92 Å². The van der Waals surface area contributed by atoms with Crippen molar-refractivity contribution in [2.24, 2.45) is 5.92 Å². The monoisotopic (exact) mass is 371 g/mol. The molecule has 0 spiro atoms. The molecule has 5 aliphatic rings. The lowest BCUT2D eigenvalue weighted by Crippen LogP contribution is -2.73. The number of hydrogen-bond donors (Lipinski definition) is 1. The molecule has 8 nitrogen and oxygen atoms in total. The summed E-state index contributed by atoms with van der Waals surface area (Å²) >= 11 is 0. The first kappa shape index (κ1) is 16.5. The lowest BCUT2D eigenvalue weighted by molar-refractivity contribution is -0.168. The Bertz CT molecular complexity index is 855. The number of piperidine rings is 1. The number of carboxylic acid groups (broad SMARTS) is 1. The van der Waals surface area contributed by atoms with Gasteiger partial charge in [-0.05, 0) is 37.3 Å². The molecule has 27 heavy (non-hydrogen) atoms. The molecule has 4 fully saturated rings. The molecule has 1 saturated carbocycles. The molecule has 5 rings (SSSR count). The summed E-state index contributed by atoms with van der Waals surface area (Å²) in [5.41, 5.74) is 1.20. The minimum Gasteiger partial charge on any atom is -0.477 e. The Morgan fingerprint density at radius 2 is 1.89 bits per heavy atom. The van der Waals surface area contributed by atoms with Crippen LogP contribution in [0.2, 0.25) is 0 Å². The molecule has 0 aromatic heterocycles. The maximum Gasteiger partial charge on any atom is 0.352 e. The molecular weight excluding hydrogens is 350 g/mol. The van der Waals surface area contributed by atoms with Crippen LogP contribution < -0.4 is 0 Å². The number of carboxylic acids is 1. The number of amides is 3. The zero-order valence-electron chi connectivity index (χ0n) is 15.1. The van der Waals surface area contributed by atoms with E-state index in [-0.39, 0.29) is 35.4 Å². The molecule has 3 saturated heterocycles. The van der Waals surface area contributed by atoms with Crippen molar-refractivity contribution in [1.29, 1.82) is 0 Å². The van der Waals surface area contributed by atoms with E-state index in [0.29, 0.717) is 43.1 Å². The summed E-state index contributed by atoms with van der Waals surface area (Å²) in [5, 5.41) is 9.75. The molecule has 1 aliphatic carbocycles. The molecule has 0 aromatic carbocycles. The average Bonchev–Trinajstić information content (AvgIpc) is 3.33. The fourth-order valence-corrected chi connectivity index (χ4v) is 5.16. The molecule has 1 N–H and O–H groups in total. The highest BCUT2D eigenvalue weighted by molar-refractivity contribution is 6.04. The van der Waals surface area contributed by atoms with Crippen LogP contribution in [-0.4, -0.2) is 74.7 Å². The van der Waals surface area contributed by atoms with Gasteiger partial charge < -0.3 is 14.9 Å². The number of nitrogens with zero attached hydrogens (tertiary/aromatic N) is 3. The number of rotatable bonds is 3. The summed E-state index contributed by atoms with van der Waals surface area (Å²) in [7, 11) is 0. The predicted molar refractivity (Wildman–Crippen MR) is 92.0 cm³/mol. The van der Waals surface area contributed by atoms with Gasteiger partial charge in [-0.15, -0.1) is 0 Å². The molecular formula is C19H21N3O5. The van der Waals surface area contributed by atoms with E-state index in [9.17, 15) is 24.3 Å². The summed E-state index contributed by atoms with van der Waals surface area (Å²) in [6.07, 6.45) is 5.02. The lowest BCUT2D eigenvalue weighted by atomic mass is 9.77. The van der Waals surface area contributed by atoms with Gasteiger partial charge in [-0.1, -0.05) is 0 Å². The maximum atomic E-state index is 12.7. The SMILES string of the molecule is CC(=O)N1CCC2C(/C=C3\CCN(C4CC4)C3=O)=C(C(=O)O)N3C(=O)[C@@H]1[C@@H]23. The second-order valence-corrected chi connectivity index (χ2v) is 8.01. The van der Waals surface area contributed by atoms with Crippen LogP contribution in [0.4, 0.5) is 0 Å². The van der Waals surface area contributed by atoms with E-state index in [2.05, 4.69) is 0 Å². The average molecular weight is 371 g/mol. The fraction of sp³-hybridized carbons (Fsp3) is 0.579. The van der Waals surface area contributed by atoms with Crippen molar-refractivity contribution < 1.29 is 24.3 Å². The number of carbonyl (C=O) groups excluding carboxylic acids is 3. The third-order valence-electron chi connectivity index (χ3n) is 6.54. The number of likely N-dealkylation sites (tertiary alicyclic amines) is 2. The first-order valence-electron chi connectivity index (χ1n) is 9.49. The van der Waals surface area contributed by atoms with E-state index in [0.717, 1.165) is 12.8 Å². The van der Waals surface area contributed by atoms with Crippen molar-refractivity contribution in [3.63, 3.8) is 0 Å². The molecule has 1 unspecified atom stereocenters. The second-order valence-electron chi connectivity index (χ2n) is 8.01. The van der Waals surface area contributed by atoms with E-state index in [1.807, 2.05) is 4.90 Å². The van der Waals surface area contributed by atoms with E-state index < -0.39 is 12.0 Å². The first-order chi connectivity index (χ1) is 12.9. The Balaban J connectivity index is 1.51. The zero-order chi connectivity index (χ0) is 19.0. The number of β-lactam (4-membered cyclic amide) rings is 1. The quantitative estimate of drug-likeness (QED) is 0.561. The number of aliphatic carboxylic acids is 1. The van der Waals surface area contributed by atoms with Crippen molar-refractivity contribution in [3.8, 4) is 0 Å². The Morgan fingerprint density at radius 3 is 2.52 bits per heavy atom. The molecule has 8 heteroatoms. The third-order valence-corrected chi connectivity index (χ3v) is 6.54. The normalized spacial score (nSPS) is 33.7. The highest BCUT2D eigenvalue weighted by Crippen LogP contribution is 2.50. The van der Waals surface area contributed by atoms with Gasteiger partial charge in [-0.3, -0.25) is 19.3 Å². The van der Waals surface area contributed by atoms with Crippen molar-refractivity contribution in [1.82, 2.24) is 14.7 Å². The van der Waals surface area contributed by atoms with Gasteiger partial charge in [0.25, 0.3) is 5.91 Å². The molecule has 3 amide bonds. The molecule has 0 bridgehead atoms. The highest BCUT2D eigenvalue weighted by Gasteiger charge is 2.63. The van der Waals surface area contributed by atoms with Gasteiger partial charge in [0.05, 0.1) is 6.04 Å². The fourth-order valence-electron chi connectivity index (χ4n) is 5.16. The lowest BCUT2D eigenvalue weighted by Gasteiger charge is -2.53. The number of hydrogen-bond acceptors (Lipinski definition) is 4. The van der Waals surface area contributed by atoms with Gasteiger partial charge in [-0.25, -0.2) is 4.79 Å². The van der Waals surface area contributed by atoms with Gasteiger partial charge in [-0.2, -0.15) is 0 Å². The minimum absolute atomic E-state index is 0.00645. The van der Waals surface area contributed by atoms with E-state index in [1.54, 1.807) is 11.0 Å². The van der Waals surface area contributed by atoms with Crippen LogP contribution >= 0.6 is 0 Å². The Morgan fingerprint density at radius 1 is 1.15 bits per heavy atom. The van der Waals surface area contributed by atoms with Crippen molar-refractivity contribution in [2.45, 2.75) is 50.7 Å². The Hall–Kier alpha value is -2.64. The summed E-state index contributed by atoms with van der Waals surface area (Å²) < 4.78 is 0. The molecule has 0 aromatic rings. The highest BCUT2D eigenvalue weighted by atomic mass is 16.4. The third kappa shape index (κ3) is 2.15. The summed E-state index contributed by atoms with van der Waals surface area (Å²) in [4.78, 5) is 53.8. The zero-order valence-corrected chi connectivity index (χ0v) is 15.1. The van der Waals surface area contributed by atoms with E-state index in [1.165, 1.54) is 11.8 Å². The summed E-state index contributed by atoms with van der Waals surface area (Å²) in [5.74, 6) is -1.79. The molecule has 4 heterocycles. The topological polar surface area (TPSA) is 98.2 Å². The smallest absolute Gasteiger partial charge is 0.352 e. The van der Waals surface area contributed by atoms with Crippen LogP contribution in [0.5, 0.6) is 0 Å². The minimum atomic E-state index is -1.15. The first-order valence-corrected chi connectivity index (χ1v) is 9.49. The van der Waals surface area contributed by atoms with Gasteiger partial charge in [0.2, 0.25) is 11.8 Å². The largest absolute Gasteiger partial charge is 0.477 e. The van der Waals surface area contributed by atoms with Crippen LogP contribution in [0.1, 0.15) is 32.6 Å². The van der Waals surface area contributed by atoms with Crippen LogP contribution in [0.3, 0.4) is 0 Å². The van der Waals surface area contributed by atoms with Crippen molar-refractivity contribution in [3.05, 3.63) is 22.9 Å². The van der Waals surface area contributed by atoms with Crippen LogP contribution in [0.25, 0.3) is 0 Å². The second kappa shape index (κ2) is 5.43. The van der Waals surface area contributed by atoms with Gasteiger partial charge in [0.1, 0.15) is 11.7 Å². The maximum absolute atomic E-state index is 12.7. The van der Waals surface area contributed by atoms with Crippen LogP contribution in [0.15, 0.2) is 22.9 Å². The van der Waals surface area contributed by atoms with Crippen LogP contribution in [-0.2, 0) is 19.2 Å². The molecule has 0 radical (unpaired) electrons. The summed E-state index contributed by atoms with van der Waals surface area (Å²) in [6, 6.07) is -0.553. The van der Waals surface area contributed by atoms with Gasteiger partial charge in [0, 0.05) is 37.5 Å². The van der Waals surface area contributed by atoms with Gasteiger partial charge >= 0.3 is 5.97 Å². The summed E-state index contributed by atoms with van der Waals surface area (Å²) in [6.45, 7) is 2.55. The van der Waals surface area contributed by atoms with Crippen molar-refractivity contribution in [2.75, 3.05) is 13.1 Å². The standard InChI is InChI=1S/C19H21N3O5/c1-9(23)20-7-5-12-13(8-10-4-6-21(17(10)24)11-2-3-11)15(19(26)27)22-14(12)16(20)18(22)25/h8,11-12,14,16H,2-7H2,1H3,(H,26,27)/b10-8+/t12?,14-,16+/m1/s1. The number of allylic oxidation sites excluding steroid dienone is 1. The number of carbonyl (C=O) groups is 4. The Kier molecular flexibility index (Phi) is 3.33. The predicted octanol–water partition coefficient (Wildman–Crippen LogP) is 0.108. The Labute approximate surface area is 156 Å². The molecule has 3 atom stereocenters. The molecule has 4 aliphatic heterocycles. The van der Waals surface area contributed by atoms with Gasteiger partial charge in [0.15, 0.2) is 0 Å². The van der Waals surface area contributed by atoms with E-state index in [4.69, 9.17) is 0 Å². The van der Waals surface area contributed by atoms with E-state index >= 15 is 0 Å². The van der Waals surface area contributed by atoms with Crippen molar-refractivity contribution >= 4 is 23.7 Å².